The first-order valence-electron chi connectivity index (χ1n) is 6.16. The fourth-order valence-electron chi connectivity index (χ4n) is 1.62. The molecule has 0 aliphatic carbocycles. The number of aryl methyl sites for hydroxylation is 1. The number of carboxylic acids is 1. The second-order valence-corrected chi connectivity index (χ2v) is 7.76. The van der Waals surface area contributed by atoms with Crippen LogP contribution in [0.15, 0.2) is 29.2 Å². The standard InChI is InChI=1S/C11H17N2O7PS/c1-2-9-3-5-10(6-4-9)22(19,20)12-13(7-11(14)15)8-21(16,17)18/h3-6,12H,2,7-8H2,1H3,(H,14,15)(H2,16,17,18). The van der Waals surface area contributed by atoms with Crippen LogP contribution < -0.4 is 4.83 Å². The summed E-state index contributed by atoms with van der Waals surface area (Å²) in [4.78, 5) is 30.2. The number of sulfonamides is 1. The highest BCUT2D eigenvalue weighted by Crippen LogP contribution is 2.34. The molecule has 0 bridgehead atoms. The maximum absolute atomic E-state index is 12.1. The second kappa shape index (κ2) is 7.32. The zero-order chi connectivity index (χ0) is 17.0. The molecule has 9 nitrogen and oxygen atoms in total. The molecular formula is C11H17N2O7PS. The summed E-state index contributed by atoms with van der Waals surface area (Å²) in [5.74, 6) is -1.43. The Hall–Kier alpha value is -1.29. The topological polar surface area (TPSA) is 144 Å². The SMILES string of the molecule is CCc1ccc(S(=O)(=O)NN(CC(=O)O)CP(=O)(O)O)cc1. The van der Waals surface area contributed by atoms with E-state index in [-0.39, 0.29) is 4.90 Å². The van der Waals surface area contributed by atoms with Crippen molar-refractivity contribution in [2.45, 2.75) is 18.2 Å². The summed E-state index contributed by atoms with van der Waals surface area (Å²) in [5, 5.41) is 9.14. The van der Waals surface area contributed by atoms with Crippen LogP contribution in [-0.4, -0.2) is 47.1 Å². The van der Waals surface area contributed by atoms with Crippen molar-refractivity contribution in [1.29, 1.82) is 0 Å². The van der Waals surface area contributed by atoms with Gasteiger partial charge < -0.3 is 14.9 Å². The van der Waals surface area contributed by atoms with Crippen LogP contribution in [0, 0.1) is 0 Å². The van der Waals surface area contributed by atoms with Crippen molar-refractivity contribution in [1.82, 2.24) is 9.84 Å². The van der Waals surface area contributed by atoms with Gasteiger partial charge in [0, 0.05) is 0 Å². The number of carbonyl (C=O) groups is 1. The van der Waals surface area contributed by atoms with E-state index in [0.717, 1.165) is 12.0 Å². The third-order valence-corrected chi connectivity index (χ3v) is 4.67. The number of hydrogen-bond acceptors (Lipinski definition) is 5. The van der Waals surface area contributed by atoms with Crippen LogP contribution in [0.25, 0.3) is 0 Å². The Kier molecular flexibility index (Phi) is 6.24. The van der Waals surface area contributed by atoms with Crippen LogP contribution in [0.1, 0.15) is 12.5 Å². The molecule has 0 saturated carbocycles. The lowest BCUT2D eigenvalue weighted by molar-refractivity contribution is -0.138. The van der Waals surface area contributed by atoms with E-state index in [9.17, 15) is 17.8 Å². The van der Waals surface area contributed by atoms with Gasteiger partial charge in [0.05, 0.1) is 4.90 Å². The Bertz CT molecular complexity index is 668. The molecule has 0 fully saturated rings. The van der Waals surface area contributed by atoms with E-state index < -0.39 is 36.4 Å². The maximum Gasteiger partial charge on any atom is 0.340 e. The van der Waals surface area contributed by atoms with E-state index >= 15 is 0 Å². The van der Waals surface area contributed by atoms with E-state index in [2.05, 4.69) is 0 Å². The molecule has 0 aromatic heterocycles. The molecule has 0 aliphatic rings. The largest absolute Gasteiger partial charge is 0.480 e. The summed E-state index contributed by atoms with van der Waals surface area (Å²) in [5.41, 5.74) is 0.913. The third kappa shape index (κ3) is 6.22. The van der Waals surface area contributed by atoms with E-state index in [4.69, 9.17) is 14.9 Å². The molecule has 124 valence electrons. The summed E-state index contributed by atoms with van der Waals surface area (Å²) in [6.45, 7) is 1.01. The second-order valence-electron chi connectivity index (χ2n) is 4.49. The molecule has 11 heteroatoms. The normalized spacial score (nSPS) is 12.5. The summed E-state index contributed by atoms with van der Waals surface area (Å²) in [6, 6.07) is 5.85. The van der Waals surface area contributed by atoms with Crippen LogP contribution in [0.3, 0.4) is 0 Å². The highest BCUT2D eigenvalue weighted by molar-refractivity contribution is 7.89. The Morgan fingerprint density at radius 3 is 2.23 bits per heavy atom. The van der Waals surface area contributed by atoms with Crippen molar-refractivity contribution in [2.75, 3.05) is 12.8 Å². The zero-order valence-corrected chi connectivity index (χ0v) is 13.4. The van der Waals surface area contributed by atoms with Crippen molar-refractivity contribution in [2.24, 2.45) is 0 Å². The van der Waals surface area contributed by atoms with Crippen LogP contribution in [0.5, 0.6) is 0 Å². The first-order valence-corrected chi connectivity index (χ1v) is 9.44. The molecule has 0 unspecified atom stereocenters. The lowest BCUT2D eigenvalue weighted by Crippen LogP contribution is -2.45. The molecular weight excluding hydrogens is 335 g/mol. The fraction of sp³-hybridized carbons (Fsp3) is 0.364. The van der Waals surface area contributed by atoms with Crippen molar-refractivity contribution in [3.63, 3.8) is 0 Å². The quantitative estimate of drug-likeness (QED) is 0.377. The zero-order valence-electron chi connectivity index (χ0n) is 11.7. The minimum absolute atomic E-state index is 0.134. The summed E-state index contributed by atoms with van der Waals surface area (Å²) < 4.78 is 35.2. The van der Waals surface area contributed by atoms with Gasteiger partial charge in [-0.25, -0.2) is 13.4 Å². The molecule has 0 spiro atoms. The Morgan fingerprint density at radius 2 is 1.82 bits per heavy atom. The highest BCUT2D eigenvalue weighted by Gasteiger charge is 2.26. The van der Waals surface area contributed by atoms with E-state index in [1.165, 1.54) is 12.1 Å². The van der Waals surface area contributed by atoms with Crippen molar-refractivity contribution >= 4 is 23.6 Å². The minimum atomic E-state index is -4.63. The van der Waals surface area contributed by atoms with Crippen molar-refractivity contribution < 1.29 is 32.7 Å². The lowest BCUT2D eigenvalue weighted by Gasteiger charge is -2.21. The lowest BCUT2D eigenvalue weighted by atomic mass is 10.2. The first kappa shape index (κ1) is 18.8. The highest BCUT2D eigenvalue weighted by atomic mass is 32.2. The predicted molar refractivity (Wildman–Crippen MR) is 77.4 cm³/mol. The van der Waals surface area contributed by atoms with Crippen LogP contribution in [-0.2, 0) is 25.8 Å². The molecule has 1 aromatic rings. The van der Waals surface area contributed by atoms with Gasteiger partial charge in [0.25, 0.3) is 10.0 Å². The van der Waals surface area contributed by atoms with Gasteiger partial charge in [0.1, 0.15) is 12.8 Å². The molecule has 4 N–H and O–H groups in total. The van der Waals surface area contributed by atoms with Gasteiger partial charge in [-0.15, -0.1) is 4.83 Å². The van der Waals surface area contributed by atoms with Gasteiger partial charge in [0.2, 0.25) is 0 Å². The molecule has 22 heavy (non-hydrogen) atoms. The van der Waals surface area contributed by atoms with E-state index in [0.29, 0.717) is 5.01 Å². The molecule has 0 atom stereocenters. The monoisotopic (exact) mass is 352 g/mol. The summed E-state index contributed by atoms with van der Waals surface area (Å²) in [6.07, 6.45) is -0.331. The summed E-state index contributed by atoms with van der Waals surface area (Å²) >= 11 is 0. The van der Waals surface area contributed by atoms with E-state index in [1.807, 2.05) is 11.8 Å². The number of carboxylic acid groups (broad SMARTS) is 1. The van der Waals surface area contributed by atoms with Crippen LogP contribution in [0.2, 0.25) is 0 Å². The van der Waals surface area contributed by atoms with Gasteiger partial charge in [0.15, 0.2) is 0 Å². The average Bonchev–Trinajstić information content (AvgIpc) is 2.35. The number of benzene rings is 1. The van der Waals surface area contributed by atoms with E-state index in [1.54, 1.807) is 12.1 Å². The first-order chi connectivity index (χ1) is 10.0. The summed E-state index contributed by atoms with van der Waals surface area (Å²) in [7, 11) is -8.77. The number of nitrogens with zero attached hydrogens (tertiary/aromatic N) is 1. The number of nitrogens with one attached hydrogen (secondary N) is 1. The number of rotatable bonds is 8. The predicted octanol–water partition coefficient (Wildman–Crippen LogP) is -0.0359. The molecule has 0 heterocycles. The molecule has 1 aromatic carbocycles. The van der Waals surface area contributed by atoms with Gasteiger partial charge in [-0.3, -0.25) is 9.36 Å². The number of hydrazine groups is 1. The number of aliphatic carboxylic acids is 1. The van der Waals surface area contributed by atoms with Gasteiger partial charge in [-0.05, 0) is 24.1 Å². The Morgan fingerprint density at radius 1 is 1.27 bits per heavy atom. The average molecular weight is 352 g/mol. The molecule has 0 saturated heterocycles. The molecule has 0 radical (unpaired) electrons. The van der Waals surface area contributed by atoms with Crippen molar-refractivity contribution in [3.8, 4) is 0 Å². The molecule has 1 rings (SSSR count). The maximum atomic E-state index is 12.1. The Balaban J connectivity index is 2.97. The third-order valence-electron chi connectivity index (χ3n) is 2.57. The Labute approximate surface area is 127 Å². The van der Waals surface area contributed by atoms with Crippen LogP contribution >= 0.6 is 7.60 Å². The van der Waals surface area contributed by atoms with Gasteiger partial charge in [-0.2, -0.15) is 0 Å². The molecule has 0 aliphatic heterocycles. The smallest absolute Gasteiger partial charge is 0.340 e. The van der Waals surface area contributed by atoms with Crippen molar-refractivity contribution in [3.05, 3.63) is 29.8 Å². The van der Waals surface area contributed by atoms with Gasteiger partial charge >= 0.3 is 13.6 Å². The number of hydrogen-bond donors (Lipinski definition) is 4. The minimum Gasteiger partial charge on any atom is -0.480 e. The van der Waals surface area contributed by atoms with Crippen LogP contribution in [0.4, 0.5) is 0 Å². The molecule has 0 amide bonds. The van der Waals surface area contributed by atoms with Gasteiger partial charge in [-0.1, -0.05) is 19.1 Å². The fourth-order valence-corrected chi connectivity index (χ4v) is 3.40.